The maximum atomic E-state index is 10.8. The minimum Gasteiger partial charge on any atom is -0.452 e. The summed E-state index contributed by atoms with van der Waals surface area (Å²) in [7, 11) is 1.24. The van der Waals surface area contributed by atoms with Gasteiger partial charge in [-0.1, -0.05) is 40.9 Å². The van der Waals surface area contributed by atoms with Crippen LogP contribution in [-0.2, 0) is 4.74 Å². The summed E-state index contributed by atoms with van der Waals surface area (Å²) in [6.07, 6.45) is -0.666. The zero-order chi connectivity index (χ0) is 13.0. The third kappa shape index (κ3) is 3.49. The molecule has 0 unspecified atom stereocenters. The Morgan fingerprint density at radius 1 is 1.29 bits per heavy atom. The van der Waals surface area contributed by atoms with Gasteiger partial charge in [0, 0.05) is 5.56 Å². The van der Waals surface area contributed by atoms with E-state index >= 15 is 0 Å². The van der Waals surface area contributed by atoms with Crippen LogP contribution in [0.15, 0.2) is 17.2 Å². The fraction of sp³-hybridized carbons (Fsp3) is 0.200. The van der Waals surface area contributed by atoms with E-state index in [0.29, 0.717) is 16.3 Å². The number of hydrogen-bond donors (Lipinski definition) is 1. The Balaban J connectivity index is 3.01. The van der Waals surface area contributed by atoms with E-state index in [2.05, 4.69) is 15.3 Å². The van der Waals surface area contributed by atoms with Gasteiger partial charge in [-0.25, -0.2) is 10.2 Å². The third-order valence-electron chi connectivity index (χ3n) is 1.93. The van der Waals surface area contributed by atoms with Crippen molar-refractivity contribution in [3.63, 3.8) is 0 Å². The first-order chi connectivity index (χ1) is 7.97. The lowest BCUT2D eigenvalue weighted by Crippen LogP contribution is -2.18. The van der Waals surface area contributed by atoms with E-state index in [-0.39, 0.29) is 10.0 Å². The predicted octanol–water partition coefficient (Wildman–Crippen LogP) is 3.73. The van der Waals surface area contributed by atoms with Crippen molar-refractivity contribution in [2.45, 2.75) is 6.92 Å². The molecule has 92 valence electrons. The molecule has 1 amide bonds. The summed E-state index contributed by atoms with van der Waals surface area (Å²) in [6, 6.07) is 3.26. The summed E-state index contributed by atoms with van der Waals surface area (Å²) in [6.45, 7) is 1.67. The number of amides is 1. The highest BCUT2D eigenvalue weighted by Gasteiger charge is 2.11. The lowest BCUT2D eigenvalue weighted by atomic mass is 10.1. The number of hydrazone groups is 1. The van der Waals surface area contributed by atoms with Gasteiger partial charge in [0.15, 0.2) is 0 Å². The molecule has 0 fully saturated rings. The van der Waals surface area contributed by atoms with E-state index in [1.54, 1.807) is 19.1 Å². The van der Waals surface area contributed by atoms with Crippen LogP contribution in [0.1, 0.15) is 12.5 Å². The van der Waals surface area contributed by atoms with Crippen molar-refractivity contribution in [3.05, 3.63) is 32.8 Å². The molecule has 0 aromatic heterocycles. The molecule has 0 aliphatic carbocycles. The molecule has 0 aliphatic heterocycles. The van der Waals surface area contributed by atoms with E-state index in [1.165, 1.54) is 7.11 Å². The zero-order valence-electron chi connectivity index (χ0n) is 9.05. The summed E-state index contributed by atoms with van der Waals surface area (Å²) < 4.78 is 4.37. The van der Waals surface area contributed by atoms with Crippen molar-refractivity contribution in [1.82, 2.24) is 5.43 Å². The number of nitrogens with one attached hydrogen (secondary N) is 1. The topological polar surface area (TPSA) is 50.7 Å². The minimum absolute atomic E-state index is 0.249. The number of nitrogens with zero attached hydrogens (tertiary/aromatic N) is 1. The van der Waals surface area contributed by atoms with Gasteiger partial charge in [-0.2, -0.15) is 5.10 Å². The SMILES string of the molecule is COC(=O)N/N=C(/C)c1ccc(Cl)c(Cl)c1Cl. The standard InChI is InChI=1S/C10H9Cl3N2O2/c1-5(14-15-10(16)17-2)6-3-4-7(11)9(13)8(6)12/h3-4H,1-2H3,(H,15,16)/b14-5-. The Hall–Kier alpha value is -0.970. The van der Waals surface area contributed by atoms with Crippen LogP contribution >= 0.6 is 34.8 Å². The molecule has 4 nitrogen and oxygen atoms in total. The molecule has 0 aliphatic rings. The van der Waals surface area contributed by atoms with Crippen LogP contribution in [0.5, 0.6) is 0 Å². The minimum atomic E-state index is -0.666. The Kier molecular flexibility index (Phi) is 5.05. The van der Waals surface area contributed by atoms with Crippen molar-refractivity contribution < 1.29 is 9.53 Å². The summed E-state index contributed by atoms with van der Waals surface area (Å²) in [4.78, 5) is 10.8. The van der Waals surface area contributed by atoms with Crippen LogP contribution in [0.4, 0.5) is 4.79 Å². The maximum absolute atomic E-state index is 10.8. The summed E-state index contributed by atoms with van der Waals surface area (Å²) in [5, 5.41) is 4.69. The van der Waals surface area contributed by atoms with E-state index in [9.17, 15) is 4.79 Å². The van der Waals surface area contributed by atoms with E-state index in [4.69, 9.17) is 34.8 Å². The van der Waals surface area contributed by atoms with Gasteiger partial charge < -0.3 is 4.74 Å². The van der Waals surface area contributed by atoms with Gasteiger partial charge in [0.1, 0.15) is 0 Å². The number of carbonyl (C=O) groups excluding carboxylic acids is 1. The molecule has 1 aromatic carbocycles. The van der Waals surface area contributed by atoms with Crippen LogP contribution in [0.3, 0.4) is 0 Å². The van der Waals surface area contributed by atoms with Crippen LogP contribution in [-0.4, -0.2) is 18.9 Å². The molecule has 0 saturated heterocycles. The van der Waals surface area contributed by atoms with E-state index in [1.807, 2.05) is 0 Å². The number of halogens is 3. The van der Waals surface area contributed by atoms with Gasteiger partial charge in [-0.05, 0) is 13.0 Å². The number of carbonyl (C=O) groups is 1. The highest BCUT2D eigenvalue weighted by atomic mass is 35.5. The molecule has 1 aromatic rings. The Bertz CT molecular complexity index is 475. The predicted molar refractivity (Wildman–Crippen MR) is 69.2 cm³/mol. The van der Waals surface area contributed by atoms with Crippen LogP contribution < -0.4 is 5.43 Å². The molecule has 0 atom stereocenters. The van der Waals surface area contributed by atoms with E-state index in [0.717, 1.165) is 0 Å². The van der Waals surface area contributed by atoms with Crippen LogP contribution in [0, 0.1) is 0 Å². The lowest BCUT2D eigenvalue weighted by Gasteiger charge is -2.06. The smallest absolute Gasteiger partial charge is 0.427 e. The van der Waals surface area contributed by atoms with Crippen LogP contribution in [0.25, 0.3) is 0 Å². The second-order valence-electron chi connectivity index (χ2n) is 3.02. The molecule has 0 spiro atoms. The highest BCUT2D eigenvalue weighted by molar-refractivity contribution is 6.49. The summed E-state index contributed by atoms with van der Waals surface area (Å²) >= 11 is 17.7. The monoisotopic (exact) mass is 294 g/mol. The second-order valence-corrected chi connectivity index (χ2v) is 4.19. The van der Waals surface area contributed by atoms with Crippen LogP contribution in [0.2, 0.25) is 15.1 Å². The molecular formula is C10H9Cl3N2O2. The molecule has 0 bridgehead atoms. The molecule has 1 rings (SSSR count). The number of methoxy groups -OCH3 is 1. The highest BCUT2D eigenvalue weighted by Crippen LogP contribution is 2.32. The second kappa shape index (κ2) is 6.10. The first kappa shape index (κ1) is 14.1. The largest absolute Gasteiger partial charge is 0.452 e. The fourth-order valence-electron chi connectivity index (χ4n) is 1.04. The molecule has 17 heavy (non-hydrogen) atoms. The maximum Gasteiger partial charge on any atom is 0.427 e. The molecular weight excluding hydrogens is 286 g/mol. The quantitative estimate of drug-likeness (QED) is 0.513. The normalized spacial score (nSPS) is 11.2. The molecule has 0 heterocycles. The first-order valence-electron chi connectivity index (χ1n) is 4.49. The van der Waals surface area contributed by atoms with Crippen molar-refractivity contribution in [2.24, 2.45) is 5.10 Å². The van der Waals surface area contributed by atoms with Crippen molar-refractivity contribution in [2.75, 3.05) is 7.11 Å². The molecule has 7 heteroatoms. The number of rotatable bonds is 2. The molecule has 0 radical (unpaired) electrons. The average molecular weight is 296 g/mol. The van der Waals surface area contributed by atoms with E-state index < -0.39 is 6.09 Å². The Morgan fingerprint density at radius 3 is 2.53 bits per heavy atom. The molecule has 1 N–H and O–H groups in total. The third-order valence-corrected chi connectivity index (χ3v) is 3.22. The van der Waals surface area contributed by atoms with Gasteiger partial charge in [0.25, 0.3) is 0 Å². The summed E-state index contributed by atoms with van der Waals surface area (Å²) in [5.74, 6) is 0. The van der Waals surface area contributed by atoms with Gasteiger partial charge in [-0.15, -0.1) is 0 Å². The summed E-state index contributed by atoms with van der Waals surface area (Å²) in [5.41, 5.74) is 3.25. The first-order valence-corrected chi connectivity index (χ1v) is 5.63. The van der Waals surface area contributed by atoms with Crippen molar-refractivity contribution >= 4 is 46.6 Å². The Morgan fingerprint density at radius 2 is 1.94 bits per heavy atom. The van der Waals surface area contributed by atoms with Gasteiger partial charge in [0.2, 0.25) is 0 Å². The van der Waals surface area contributed by atoms with Gasteiger partial charge in [0.05, 0.1) is 27.9 Å². The zero-order valence-corrected chi connectivity index (χ0v) is 11.3. The Labute approximate surface area is 113 Å². The van der Waals surface area contributed by atoms with Crippen molar-refractivity contribution in [3.8, 4) is 0 Å². The molecule has 0 saturated carbocycles. The number of benzene rings is 1. The number of ether oxygens (including phenoxy) is 1. The van der Waals surface area contributed by atoms with Crippen molar-refractivity contribution in [1.29, 1.82) is 0 Å². The van der Waals surface area contributed by atoms with Gasteiger partial charge in [-0.3, -0.25) is 0 Å². The lowest BCUT2D eigenvalue weighted by molar-refractivity contribution is 0.171. The average Bonchev–Trinajstić information content (AvgIpc) is 2.32. The van der Waals surface area contributed by atoms with Gasteiger partial charge >= 0.3 is 6.09 Å². The number of hydrogen-bond acceptors (Lipinski definition) is 3. The fourth-order valence-corrected chi connectivity index (χ4v) is 1.71.